The van der Waals surface area contributed by atoms with Crippen molar-refractivity contribution in [3.8, 4) is 11.3 Å². The summed E-state index contributed by atoms with van der Waals surface area (Å²) in [6.07, 6.45) is 0.208. The number of hydrogen-bond donors (Lipinski definition) is 1. The first-order valence-corrected chi connectivity index (χ1v) is 9.78. The van der Waals surface area contributed by atoms with E-state index in [0.29, 0.717) is 5.69 Å². The molecule has 1 N–H and O–H groups in total. The zero-order valence-corrected chi connectivity index (χ0v) is 16.5. The van der Waals surface area contributed by atoms with Crippen LogP contribution < -0.4 is 5.32 Å². The number of imide groups is 1. The Labute approximate surface area is 172 Å². The second-order valence-corrected chi connectivity index (χ2v) is 7.93. The van der Waals surface area contributed by atoms with E-state index >= 15 is 0 Å². The zero-order chi connectivity index (χ0) is 21.5. The van der Waals surface area contributed by atoms with Crippen LogP contribution in [0, 0.1) is 6.92 Å². The van der Waals surface area contributed by atoms with Crippen molar-refractivity contribution < 1.29 is 23.2 Å². The summed E-state index contributed by atoms with van der Waals surface area (Å²) in [5.74, 6) is -3.88. The molecule has 1 spiro atoms. The van der Waals surface area contributed by atoms with Gasteiger partial charge in [0.2, 0.25) is 5.92 Å². The van der Waals surface area contributed by atoms with Gasteiger partial charge in [0.25, 0.3) is 5.91 Å². The van der Waals surface area contributed by atoms with E-state index < -0.39 is 48.6 Å². The molecule has 0 atom stereocenters. The van der Waals surface area contributed by atoms with E-state index in [4.69, 9.17) is 0 Å². The van der Waals surface area contributed by atoms with Crippen molar-refractivity contribution in [3.05, 3.63) is 53.7 Å². The molecule has 1 saturated heterocycles. The van der Waals surface area contributed by atoms with E-state index in [2.05, 4.69) is 10.3 Å². The highest BCUT2D eigenvalue weighted by atomic mass is 19.3. The fourth-order valence-corrected chi connectivity index (χ4v) is 4.01. The Balaban J connectivity index is 1.47. The zero-order valence-electron chi connectivity index (χ0n) is 16.5. The molecule has 6 nitrogen and oxygen atoms in total. The number of Topliss-reactive ketones (excluding diaryl/α,β-unsaturated/α-hetero) is 1. The number of aromatic nitrogens is 1. The molecule has 2 heterocycles. The molecule has 2 fully saturated rings. The second-order valence-electron chi connectivity index (χ2n) is 7.93. The first kappa shape index (κ1) is 20.1. The van der Waals surface area contributed by atoms with E-state index in [0.717, 1.165) is 16.0 Å². The van der Waals surface area contributed by atoms with E-state index in [1.807, 2.05) is 31.2 Å². The Bertz CT molecular complexity index is 1010. The maximum atomic E-state index is 13.5. The molecule has 2 aliphatic rings. The molecule has 1 aromatic heterocycles. The van der Waals surface area contributed by atoms with E-state index in [-0.39, 0.29) is 18.4 Å². The summed E-state index contributed by atoms with van der Waals surface area (Å²) in [4.78, 5) is 42.9. The number of amides is 3. The monoisotopic (exact) mass is 413 g/mol. The molecule has 8 heteroatoms. The highest BCUT2D eigenvalue weighted by Gasteiger charge is 2.55. The highest BCUT2D eigenvalue weighted by Crippen LogP contribution is 2.41. The number of benzene rings is 1. The standard InChI is InChI=1S/C22H21F2N3O3/c1-14-4-2-3-5-16(14)17-7-6-15(12-25-17)18(28)13-27-19(29)21(26-20(27)30)8-10-22(23,24)11-9-21/h2-7,12H,8-11,13H2,1H3,(H,26,30). The summed E-state index contributed by atoms with van der Waals surface area (Å²) in [7, 11) is 0. The van der Waals surface area contributed by atoms with Gasteiger partial charge in [0.1, 0.15) is 5.54 Å². The van der Waals surface area contributed by atoms with Crippen LogP contribution in [0.3, 0.4) is 0 Å². The Kier molecular flexibility index (Phi) is 4.88. The third-order valence-corrected chi connectivity index (χ3v) is 5.89. The summed E-state index contributed by atoms with van der Waals surface area (Å²) in [5, 5.41) is 2.54. The number of carbonyl (C=O) groups excluding carboxylic acids is 3. The van der Waals surface area contributed by atoms with Gasteiger partial charge in [-0.3, -0.25) is 19.5 Å². The SMILES string of the molecule is Cc1ccccc1-c1ccc(C(=O)CN2C(=O)NC3(CCC(F)(F)CC3)C2=O)cn1. The van der Waals surface area contributed by atoms with Gasteiger partial charge in [-0.1, -0.05) is 24.3 Å². The van der Waals surface area contributed by atoms with E-state index in [1.54, 1.807) is 12.1 Å². The number of urea groups is 1. The van der Waals surface area contributed by atoms with Crippen molar-refractivity contribution >= 4 is 17.7 Å². The third-order valence-electron chi connectivity index (χ3n) is 5.89. The smallest absolute Gasteiger partial charge is 0.323 e. The summed E-state index contributed by atoms with van der Waals surface area (Å²) in [6, 6.07) is 10.3. The van der Waals surface area contributed by atoms with Gasteiger partial charge < -0.3 is 5.32 Å². The van der Waals surface area contributed by atoms with Crippen LogP contribution in [0.5, 0.6) is 0 Å². The van der Waals surface area contributed by atoms with Crippen molar-refractivity contribution in [3.63, 3.8) is 0 Å². The number of carbonyl (C=O) groups is 3. The van der Waals surface area contributed by atoms with Crippen molar-refractivity contribution in [1.82, 2.24) is 15.2 Å². The molecule has 3 amide bonds. The summed E-state index contributed by atoms with van der Waals surface area (Å²) in [5.41, 5.74) is 1.64. The van der Waals surface area contributed by atoms with Crippen LogP contribution in [0.25, 0.3) is 11.3 Å². The molecule has 2 aromatic rings. The number of hydrogen-bond acceptors (Lipinski definition) is 4. The minimum atomic E-state index is -2.83. The van der Waals surface area contributed by atoms with Crippen LogP contribution in [-0.4, -0.2) is 45.6 Å². The van der Waals surface area contributed by atoms with Gasteiger partial charge in [-0.15, -0.1) is 0 Å². The topological polar surface area (TPSA) is 79.4 Å². The average Bonchev–Trinajstić information content (AvgIpc) is 2.95. The molecule has 0 radical (unpaired) electrons. The second kappa shape index (κ2) is 7.27. The minimum absolute atomic E-state index is 0.137. The molecular formula is C22H21F2N3O3. The third kappa shape index (κ3) is 3.58. The van der Waals surface area contributed by atoms with Crippen LogP contribution >= 0.6 is 0 Å². The first-order valence-electron chi connectivity index (χ1n) is 9.78. The lowest BCUT2D eigenvalue weighted by atomic mass is 9.80. The van der Waals surface area contributed by atoms with E-state index in [1.165, 1.54) is 6.20 Å². The van der Waals surface area contributed by atoms with Gasteiger partial charge in [0.05, 0.1) is 12.2 Å². The molecule has 1 saturated carbocycles. The van der Waals surface area contributed by atoms with Crippen LogP contribution in [0.1, 0.15) is 41.6 Å². The van der Waals surface area contributed by atoms with Gasteiger partial charge in [0, 0.05) is 30.2 Å². The van der Waals surface area contributed by atoms with Crippen LogP contribution in [0.4, 0.5) is 13.6 Å². The average molecular weight is 413 g/mol. The Hall–Kier alpha value is -3.16. The van der Waals surface area contributed by atoms with Gasteiger partial charge in [-0.2, -0.15) is 0 Å². The van der Waals surface area contributed by atoms with E-state index in [9.17, 15) is 23.2 Å². The number of nitrogens with zero attached hydrogens (tertiary/aromatic N) is 2. The quantitative estimate of drug-likeness (QED) is 0.612. The van der Waals surface area contributed by atoms with Crippen molar-refractivity contribution in [1.29, 1.82) is 0 Å². The fraction of sp³-hybridized carbons (Fsp3) is 0.364. The largest absolute Gasteiger partial charge is 0.325 e. The van der Waals surface area contributed by atoms with Crippen molar-refractivity contribution in [2.24, 2.45) is 0 Å². The first-order chi connectivity index (χ1) is 14.2. The molecule has 0 unspecified atom stereocenters. The number of pyridine rings is 1. The van der Waals surface area contributed by atoms with Gasteiger partial charge >= 0.3 is 6.03 Å². The molecule has 1 aliphatic heterocycles. The van der Waals surface area contributed by atoms with Gasteiger partial charge in [-0.05, 0) is 37.5 Å². The number of rotatable bonds is 4. The lowest BCUT2D eigenvalue weighted by Gasteiger charge is -2.34. The molecule has 156 valence electrons. The molecule has 4 rings (SSSR count). The number of alkyl halides is 2. The molecule has 1 aliphatic carbocycles. The van der Waals surface area contributed by atoms with Crippen molar-refractivity contribution in [2.75, 3.05) is 6.54 Å². The van der Waals surface area contributed by atoms with Crippen LogP contribution in [0.15, 0.2) is 42.6 Å². The molecule has 1 aromatic carbocycles. The molecule has 30 heavy (non-hydrogen) atoms. The molecular weight excluding hydrogens is 392 g/mol. The Morgan fingerprint density at radius 1 is 1.10 bits per heavy atom. The number of aryl methyl sites for hydroxylation is 1. The number of ketones is 1. The fourth-order valence-electron chi connectivity index (χ4n) is 4.01. The maximum absolute atomic E-state index is 13.5. The number of nitrogens with one attached hydrogen (secondary N) is 1. The van der Waals surface area contributed by atoms with Crippen LogP contribution in [-0.2, 0) is 4.79 Å². The Morgan fingerprint density at radius 2 is 1.80 bits per heavy atom. The highest BCUT2D eigenvalue weighted by molar-refractivity contribution is 6.11. The van der Waals surface area contributed by atoms with Gasteiger partial charge in [0.15, 0.2) is 5.78 Å². The summed E-state index contributed by atoms with van der Waals surface area (Å²) >= 11 is 0. The molecule has 0 bridgehead atoms. The van der Waals surface area contributed by atoms with Gasteiger partial charge in [-0.25, -0.2) is 13.6 Å². The minimum Gasteiger partial charge on any atom is -0.323 e. The lowest BCUT2D eigenvalue weighted by molar-refractivity contribution is -0.135. The summed E-state index contributed by atoms with van der Waals surface area (Å²) in [6.45, 7) is 1.51. The number of halogens is 2. The normalized spacial score (nSPS) is 19.8. The summed E-state index contributed by atoms with van der Waals surface area (Å²) < 4.78 is 27.0. The predicted octanol–water partition coefficient (Wildman–Crippen LogP) is 3.74. The maximum Gasteiger partial charge on any atom is 0.325 e. The lowest BCUT2D eigenvalue weighted by Crippen LogP contribution is -2.51. The van der Waals surface area contributed by atoms with Crippen molar-refractivity contribution in [2.45, 2.75) is 44.1 Å². The Morgan fingerprint density at radius 3 is 2.43 bits per heavy atom. The predicted molar refractivity (Wildman–Crippen MR) is 105 cm³/mol. The van der Waals surface area contributed by atoms with Crippen LogP contribution in [0.2, 0.25) is 0 Å².